The summed E-state index contributed by atoms with van der Waals surface area (Å²) in [7, 11) is 1.61. The second-order valence-corrected chi connectivity index (χ2v) is 4.59. The van der Waals surface area contributed by atoms with E-state index in [1.54, 1.807) is 31.6 Å². The molecule has 6 heteroatoms. The zero-order chi connectivity index (χ0) is 15.1. The van der Waals surface area contributed by atoms with Crippen molar-refractivity contribution in [3.05, 3.63) is 54.2 Å². The first-order valence-corrected chi connectivity index (χ1v) is 6.61. The highest BCUT2D eigenvalue weighted by Gasteiger charge is 2.18. The molecule has 0 aliphatic carbocycles. The molecular formula is C15H17N3O3. The van der Waals surface area contributed by atoms with E-state index in [4.69, 9.17) is 4.42 Å². The van der Waals surface area contributed by atoms with Gasteiger partial charge in [-0.3, -0.25) is 14.6 Å². The number of likely N-dealkylation sites (N-methyl/N-ethyl adjacent to an activating group) is 1. The number of nitrogens with one attached hydrogen (secondary N) is 1. The second-order valence-electron chi connectivity index (χ2n) is 4.59. The Bertz CT molecular complexity index is 581. The number of aromatic nitrogens is 1. The van der Waals surface area contributed by atoms with Gasteiger partial charge in [0.2, 0.25) is 0 Å². The monoisotopic (exact) mass is 287 g/mol. The van der Waals surface area contributed by atoms with E-state index in [2.05, 4.69) is 10.3 Å². The first-order valence-electron chi connectivity index (χ1n) is 6.61. The van der Waals surface area contributed by atoms with Crippen LogP contribution in [0.3, 0.4) is 0 Å². The highest BCUT2D eigenvalue weighted by Crippen LogP contribution is 2.00. The molecule has 1 N–H and O–H groups in total. The fourth-order valence-electron chi connectivity index (χ4n) is 1.78. The number of carbonyl (C=O) groups is 2. The largest absolute Gasteiger partial charge is 0.467 e. The van der Waals surface area contributed by atoms with E-state index >= 15 is 0 Å². The van der Waals surface area contributed by atoms with E-state index in [9.17, 15) is 9.59 Å². The number of amides is 2. The Kier molecular flexibility index (Phi) is 5.09. The number of hydrogen-bond acceptors (Lipinski definition) is 4. The Labute approximate surface area is 122 Å². The van der Waals surface area contributed by atoms with E-state index in [0.717, 1.165) is 5.56 Å². The minimum absolute atomic E-state index is 0.204. The Hall–Kier alpha value is -2.63. The van der Waals surface area contributed by atoms with Crippen molar-refractivity contribution in [2.75, 3.05) is 13.6 Å². The Morgan fingerprint density at radius 1 is 1.29 bits per heavy atom. The number of pyridine rings is 1. The molecule has 6 nitrogen and oxygen atoms in total. The fraction of sp³-hybridized carbons (Fsp3) is 0.267. The summed E-state index contributed by atoms with van der Waals surface area (Å²) in [6.07, 6.45) is 5.60. The summed E-state index contributed by atoms with van der Waals surface area (Å²) >= 11 is 0. The SMILES string of the molecule is CN(CCc1ccncc1)C(=O)C(=O)NCc1ccco1. The summed E-state index contributed by atoms with van der Waals surface area (Å²) in [5.41, 5.74) is 1.07. The predicted molar refractivity (Wildman–Crippen MR) is 76.1 cm³/mol. The summed E-state index contributed by atoms with van der Waals surface area (Å²) in [4.78, 5) is 29.0. The molecule has 0 aliphatic rings. The molecule has 0 bridgehead atoms. The molecule has 2 amide bonds. The molecule has 21 heavy (non-hydrogen) atoms. The maximum absolute atomic E-state index is 11.9. The minimum Gasteiger partial charge on any atom is -0.467 e. The van der Waals surface area contributed by atoms with Crippen LogP contribution in [0.4, 0.5) is 0 Å². The average molecular weight is 287 g/mol. The van der Waals surface area contributed by atoms with Gasteiger partial charge in [0.05, 0.1) is 12.8 Å². The number of carbonyl (C=O) groups excluding carboxylic acids is 2. The van der Waals surface area contributed by atoms with Gasteiger partial charge in [-0.05, 0) is 36.2 Å². The highest BCUT2D eigenvalue weighted by molar-refractivity contribution is 6.34. The summed E-state index contributed by atoms with van der Waals surface area (Å²) < 4.78 is 5.08. The normalized spacial score (nSPS) is 10.1. The van der Waals surface area contributed by atoms with E-state index in [1.807, 2.05) is 12.1 Å². The van der Waals surface area contributed by atoms with Gasteiger partial charge in [-0.1, -0.05) is 0 Å². The van der Waals surface area contributed by atoms with Crippen molar-refractivity contribution in [2.24, 2.45) is 0 Å². The van der Waals surface area contributed by atoms with Crippen LogP contribution in [-0.2, 0) is 22.6 Å². The molecule has 2 aromatic heterocycles. The molecule has 0 radical (unpaired) electrons. The van der Waals surface area contributed by atoms with Gasteiger partial charge in [0, 0.05) is 26.0 Å². The lowest BCUT2D eigenvalue weighted by molar-refractivity contribution is -0.145. The third kappa shape index (κ3) is 4.45. The molecule has 0 saturated carbocycles. The molecule has 0 unspecified atom stereocenters. The van der Waals surface area contributed by atoms with Gasteiger partial charge in [-0.25, -0.2) is 0 Å². The quantitative estimate of drug-likeness (QED) is 0.832. The average Bonchev–Trinajstić information content (AvgIpc) is 3.04. The van der Waals surface area contributed by atoms with Crippen molar-refractivity contribution < 1.29 is 14.0 Å². The summed E-state index contributed by atoms with van der Waals surface area (Å²) in [6, 6.07) is 7.23. The molecule has 2 rings (SSSR count). The van der Waals surface area contributed by atoms with Crippen LogP contribution in [0, 0.1) is 0 Å². The number of nitrogens with zero attached hydrogens (tertiary/aromatic N) is 2. The fourth-order valence-corrected chi connectivity index (χ4v) is 1.78. The molecule has 0 atom stereocenters. The molecule has 0 aliphatic heterocycles. The Morgan fingerprint density at radius 3 is 2.71 bits per heavy atom. The summed E-state index contributed by atoms with van der Waals surface area (Å²) in [6.45, 7) is 0.673. The maximum Gasteiger partial charge on any atom is 0.311 e. The van der Waals surface area contributed by atoms with Crippen LogP contribution in [0.2, 0.25) is 0 Å². The zero-order valence-electron chi connectivity index (χ0n) is 11.8. The van der Waals surface area contributed by atoms with Gasteiger partial charge in [0.25, 0.3) is 0 Å². The minimum atomic E-state index is -0.636. The van der Waals surface area contributed by atoms with Crippen molar-refractivity contribution >= 4 is 11.8 Å². The van der Waals surface area contributed by atoms with Crippen LogP contribution in [0.25, 0.3) is 0 Å². The summed E-state index contributed by atoms with van der Waals surface area (Å²) in [5, 5.41) is 2.53. The third-order valence-electron chi connectivity index (χ3n) is 3.03. The van der Waals surface area contributed by atoms with E-state index in [1.165, 1.54) is 11.2 Å². The molecule has 0 aromatic carbocycles. The highest BCUT2D eigenvalue weighted by atomic mass is 16.3. The van der Waals surface area contributed by atoms with Gasteiger partial charge >= 0.3 is 11.8 Å². The van der Waals surface area contributed by atoms with Crippen LogP contribution in [0.5, 0.6) is 0 Å². The molecule has 2 aromatic rings. The second kappa shape index (κ2) is 7.23. The Balaban J connectivity index is 1.77. The number of hydrogen-bond donors (Lipinski definition) is 1. The van der Waals surface area contributed by atoms with Crippen molar-refractivity contribution in [3.63, 3.8) is 0 Å². The van der Waals surface area contributed by atoms with Gasteiger partial charge in [0.15, 0.2) is 0 Å². The van der Waals surface area contributed by atoms with Crippen molar-refractivity contribution in [3.8, 4) is 0 Å². The van der Waals surface area contributed by atoms with Crippen LogP contribution in [0.1, 0.15) is 11.3 Å². The van der Waals surface area contributed by atoms with Crippen LogP contribution < -0.4 is 5.32 Å². The topological polar surface area (TPSA) is 75.4 Å². The first-order chi connectivity index (χ1) is 10.2. The van der Waals surface area contributed by atoms with Gasteiger partial charge < -0.3 is 14.6 Å². The van der Waals surface area contributed by atoms with Crippen molar-refractivity contribution in [1.82, 2.24) is 15.2 Å². The van der Waals surface area contributed by atoms with E-state index in [0.29, 0.717) is 18.7 Å². The van der Waals surface area contributed by atoms with Crippen LogP contribution in [-0.4, -0.2) is 35.3 Å². The van der Waals surface area contributed by atoms with Crippen molar-refractivity contribution in [2.45, 2.75) is 13.0 Å². The lowest BCUT2D eigenvalue weighted by Gasteiger charge is -2.16. The van der Waals surface area contributed by atoms with Crippen molar-refractivity contribution in [1.29, 1.82) is 0 Å². The third-order valence-corrected chi connectivity index (χ3v) is 3.03. The van der Waals surface area contributed by atoms with Gasteiger partial charge in [-0.2, -0.15) is 0 Å². The first kappa shape index (κ1) is 14.8. The van der Waals surface area contributed by atoms with Gasteiger partial charge in [0.1, 0.15) is 5.76 Å². The molecule has 0 fully saturated rings. The lowest BCUT2D eigenvalue weighted by Crippen LogP contribution is -2.41. The molecule has 110 valence electrons. The smallest absolute Gasteiger partial charge is 0.311 e. The van der Waals surface area contributed by atoms with Crippen LogP contribution >= 0.6 is 0 Å². The van der Waals surface area contributed by atoms with E-state index < -0.39 is 11.8 Å². The Morgan fingerprint density at radius 2 is 2.05 bits per heavy atom. The standard InChI is InChI=1S/C15H17N3O3/c1-18(9-6-12-4-7-16-8-5-12)15(20)14(19)17-11-13-3-2-10-21-13/h2-5,7-8,10H,6,9,11H2,1H3,(H,17,19). The summed E-state index contributed by atoms with van der Waals surface area (Å²) in [5.74, 6) is -0.588. The number of furan rings is 1. The van der Waals surface area contributed by atoms with Gasteiger partial charge in [-0.15, -0.1) is 0 Å². The zero-order valence-corrected chi connectivity index (χ0v) is 11.8. The molecule has 0 spiro atoms. The predicted octanol–water partition coefficient (Wildman–Crippen LogP) is 0.992. The lowest BCUT2D eigenvalue weighted by atomic mass is 10.2. The van der Waals surface area contributed by atoms with Crippen LogP contribution in [0.15, 0.2) is 47.3 Å². The maximum atomic E-state index is 11.9. The number of rotatable bonds is 5. The molecule has 0 saturated heterocycles. The van der Waals surface area contributed by atoms with E-state index in [-0.39, 0.29) is 6.54 Å². The molecular weight excluding hydrogens is 270 g/mol. The molecule has 2 heterocycles.